The van der Waals surface area contributed by atoms with Gasteiger partial charge in [-0.15, -0.1) is 0 Å². The van der Waals surface area contributed by atoms with Gasteiger partial charge in [0.25, 0.3) is 5.91 Å². The molecule has 1 aliphatic rings. The van der Waals surface area contributed by atoms with E-state index in [1.54, 1.807) is 30.5 Å². The smallest absolute Gasteiger partial charge is 0.422 e. The molecule has 5 rings (SSSR count). The lowest BCUT2D eigenvalue weighted by Gasteiger charge is -2.34. The van der Waals surface area contributed by atoms with Gasteiger partial charge >= 0.3 is 6.18 Å². The number of pyridine rings is 1. The Morgan fingerprint density at radius 2 is 1.71 bits per heavy atom. The molecule has 1 N–H and O–H groups in total. The zero-order valence-corrected chi connectivity index (χ0v) is 22.9. The molecule has 0 atom stereocenters. The van der Waals surface area contributed by atoms with E-state index < -0.39 is 12.8 Å². The number of benzene rings is 2. The van der Waals surface area contributed by atoms with Crippen molar-refractivity contribution < 1.29 is 27.4 Å². The van der Waals surface area contributed by atoms with Crippen LogP contribution in [0.2, 0.25) is 0 Å². The van der Waals surface area contributed by atoms with Crippen molar-refractivity contribution in [3.05, 3.63) is 78.1 Å². The average molecular weight is 568 g/mol. The second kappa shape index (κ2) is 12.1. The molecule has 216 valence electrons. The van der Waals surface area contributed by atoms with Gasteiger partial charge in [0.15, 0.2) is 6.61 Å². The van der Waals surface area contributed by atoms with Crippen LogP contribution in [0.15, 0.2) is 66.9 Å². The van der Waals surface area contributed by atoms with E-state index in [9.17, 15) is 18.0 Å². The maximum atomic E-state index is 13.4. The number of halogens is 3. The zero-order chi connectivity index (χ0) is 29.0. The Labute approximate surface area is 236 Å². The third kappa shape index (κ3) is 7.10. The number of nitrogens with one attached hydrogen (secondary N) is 1. The normalized spacial score (nSPS) is 14.3. The minimum atomic E-state index is -4.36. The van der Waals surface area contributed by atoms with Gasteiger partial charge in [0.1, 0.15) is 17.2 Å². The first kappa shape index (κ1) is 28.3. The fourth-order valence-electron chi connectivity index (χ4n) is 4.83. The van der Waals surface area contributed by atoms with E-state index in [2.05, 4.69) is 15.2 Å². The number of alkyl halides is 3. The maximum Gasteiger partial charge on any atom is 0.422 e. The summed E-state index contributed by atoms with van der Waals surface area (Å²) in [5.74, 6) is 1.28. The number of hydrogen-bond donors (Lipinski definition) is 1. The van der Waals surface area contributed by atoms with Crippen LogP contribution in [0.25, 0.3) is 10.9 Å². The molecule has 1 amide bonds. The Morgan fingerprint density at radius 3 is 2.37 bits per heavy atom. The zero-order valence-electron chi connectivity index (χ0n) is 22.9. The largest absolute Gasteiger partial charge is 0.484 e. The van der Waals surface area contributed by atoms with E-state index in [-0.39, 0.29) is 11.7 Å². The first-order valence-corrected chi connectivity index (χ1v) is 13.5. The van der Waals surface area contributed by atoms with Crippen molar-refractivity contribution in [3.63, 3.8) is 0 Å². The number of aryl methyl sites for hydroxylation is 1. The molecule has 0 saturated carbocycles. The molecule has 2 aromatic carbocycles. The maximum absolute atomic E-state index is 13.4. The van der Waals surface area contributed by atoms with Crippen LogP contribution in [0.5, 0.6) is 17.4 Å². The van der Waals surface area contributed by atoms with Crippen molar-refractivity contribution in [1.29, 1.82) is 0 Å². The Kier molecular flexibility index (Phi) is 8.34. The van der Waals surface area contributed by atoms with Gasteiger partial charge in [0, 0.05) is 63.8 Å². The minimum Gasteiger partial charge on any atom is -0.484 e. The number of hydrogen-bond acceptors (Lipinski definition) is 6. The fraction of sp³-hybridized carbons (Fsp3) is 0.333. The summed E-state index contributed by atoms with van der Waals surface area (Å²) in [4.78, 5) is 21.8. The Bertz CT molecular complexity index is 1480. The van der Waals surface area contributed by atoms with Crippen molar-refractivity contribution in [1.82, 2.24) is 19.4 Å². The van der Waals surface area contributed by atoms with Gasteiger partial charge in [-0.1, -0.05) is 12.1 Å². The standard InChI is InChI=1S/C30H32F3N5O3/c1-3-34-23-7-11-28(35-18-23)41-25-10-6-22-16-27(36(2)26(22)17-25)29(39)38-14-12-37(13-15-38)19-21-4-8-24(9-5-21)40-20-30(31,32)33/h4-11,16-18,34H,3,12-15,19-20H2,1-2H3. The van der Waals surface area contributed by atoms with Crippen molar-refractivity contribution in [3.8, 4) is 17.4 Å². The van der Waals surface area contributed by atoms with Gasteiger partial charge < -0.3 is 24.3 Å². The summed E-state index contributed by atoms with van der Waals surface area (Å²) >= 11 is 0. The van der Waals surface area contributed by atoms with Gasteiger partial charge in [-0.25, -0.2) is 4.98 Å². The fourth-order valence-corrected chi connectivity index (χ4v) is 4.83. The van der Waals surface area contributed by atoms with Gasteiger partial charge in [0.2, 0.25) is 5.88 Å². The van der Waals surface area contributed by atoms with Crippen LogP contribution in [0.1, 0.15) is 23.0 Å². The summed E-state index contributed by atoms with van der Waals surface area (Å²) in [5, 5.41) is 4.14. The van der Waals surface area contributed by atoms with E-state index in [0.29, 0.717) is 50.0 Å². The highest BCUT2D eigenvalue weighted by molar-refractivity contribution is 5.99. The first-order chi connectivity index (χ1) is 19.7. The molecule has 0 radical (unpaired) electrons. The monoisotopic (exact) mass is 567 g/mol. The molecule has 0 spiro atoms. The molecule has 0 aliphatic carbocycles. The van der Waals surface area contributed by atoms with Crippen LogP contribution in [0, 0.1) is 0 Å². The molecule has 41 heavy (non-hydrogen) atoms. The number of anilines is 1. The van der Waals surface area contributed by atoms with E-state index in [4.69, 9.17) is 9.47 Å². The number of piperazine rings is 1. The second-order valence-corrected chi connectivity index (χ2v) is 9.94. The van der Waals surface area contributed by atoms with Gasteiger partial charge in [-0.05, 0) is 48.9 Å². The molecule has 1 fully saturated rings. The van der Waals surface area contributed by atoms with E-state index in [1.807, 2.05) is 59.8 Å². The Morgan fingerprint density at radius 1 is 0.976 bits per heavy atom. The highest BCUT2D eigenvalue weighted by atomic mass is 19.4. The van der Waals surface area contributed by atoms with Gasteiger partial charge in [0.05, 0.1) is 17.4 Å². The number of nitrogens with zero attached hydrogens (tertiary/aromatic N) is 4. The number of amides is 1. The Hall–Kier alpha value is -4.25. The average Bonchev–Trinajstić information content (AvgIpc) is 3.29. The number of rotatable bonds is 9. The summed E-state index contributed by atoms with van der Waals surface area (Å²) in [6, 6.07) is 18.0. The summed E-state index contributed by atoms with van der Waals surface area (Å²) in [6.45, 7) is 4.72. The van der Waals surface area contributed by atoms with Gasteiger partial charge in [-0.3, -0.25) is 9.69 Å². The highest BCUT2D eigenvalue weighted by Crippen LogP contribution is 2.28. The highest BCUT2D eigenvalue weighted by Gasteiger charge is 2.28. The molecule has 0 unspecified atom stereocenters. The lowest BCUT2D eigenvalue weighted by atomic mass is 10.2. The molecule has 8 nitrogen and oxygen atoms in total. The van der Waals surface area contributed by atoms with Crippen molar-refractivity contribution >= 4 is 22.5 Å². The number of carbonyl (C=O) groups is 1. The topological polar surface area (TPSA) is 71.9 Å². The van der Waals surface area contributed by atoms with Crippen molar-refractivity contribution in [2.24, 2.45) is 7.05 Å². The third-order valence-electron chi connectivity index (χ3n) is 6.97. The lowest BCUT2D eigenvalue weighted by molar-refractivity contribution is -0.153. The predicted octanol–water partition coefficient (Wildman–Crippen LogP) is 5.70. The minimum absolute atomic E-state index is 0.0299. The molecule has 0 bridgehead atoms. The summed E-state index contributed by atoms with van der Waals surface area (Å²) in [7, 11) is 1.88. The number of carbonyl (C=O) groups excluding carboxylic acids is 1. The van der Waals surface area contributed by atoms with Gasteiger partial charge in [-0.2, -0.15) is 13.2 Å². The molecule has 2 aromatic heterocycles. The summed E-state index contributed by atoms with van der Waals surface area (Å²) < 4.78 is 49.7. The van der Waals surface area contributed by atoms with E-state index >= 15 is 0 Å². The number of fused-ring (bicyclic) bond motifs is 1. The Balaban J connectivity index is 1.17. The molecule has 1 saturated heterocycles. The van der Waals surface area contributed by atoms with Crippen LogP contribution in [-0.2, 0) is 13.6 Å². The first-order valence-electron chi connectivity index (χ1n) is 13.5. The van der Waals surface area contributed by atoms with E-state index in [1.165, 1.54) is 0 Å². The molecule has 3 heterocycles. The van der Waals surface area contributed by atoms with Crippen LogP contribution in [0.3, 0.4) is 0 Å². The van der Waals surface area contributed by atoms with Crippen molar-refractivity contribution in [2.75, 3.05) is 44.6 Å². The van der Waals surface area contributed by atoms with Crippen LogP contribution in [-0.4, -0.2) is 70.8 Å². The predicted molar refractivity (Wildman–Crippen MR) is 151 cm³/mol. The molecular weight excluding hydrogens is 535 g/mol. The summed E-state index contributed by atoms with van der Waals surface area (Å²) in [5.41, 5.74) is 3.39. The molecule has 4 aromatic rings. The lowest BCUT2D eigenvalue weighted by Crippen LogP contribution is -2.48. The van der Waals surface area contributed by atoms with Crippen LogP contribution >= 0.6 is 0 Å². The molecule has 1 aliphatic heterocycles. The second-order valence-electron chi connectivity index (χ2n) is 9.94. The van der Waals surface area contributed by atoms with Crippen LogP contribution in [0.4, 0.5) is 18.9 Å². The molecular formula is C30H32F3N5O3. The third-order valence-corrected chi connectivity index (χ3v) is 6.97. The molecule has 11 heteroatoms. The quantitative estimate of drug-likeness (QED) is 0.280. The van der Waals surface area contributed by atoms with E-state index in [0.717, 1.165) is 28.7 Å². The summed E-state index contributed by atoms with van der Waals surface area (Å²) in [6.07, 6.45) is -2.64. The number of aromatic nitrogens is 2. The van der Waals surface area contributed by atoms with Crippen molar-refractivity contribution in [2.45, 2.75) is 19.6 Å². The number of ether oxygens (including phenoxy) is 2. The van der Waals surface area contributed by atoms with Crippen LogP contribution < -0.4 is 14.8 Å². The SMILES string of the molecule is CCNc1ccc(Oc2ccc3cc(C(=O)N4CCN(Cc5ccc(OCC(F)(F)F)cc5)CC4)n(C)c3c2)nc1.